The van der Waals surface area contributed by atoms with Gasteiger partial charge >= 0.3 is 5.97 Å². The van der Waals surface area contributed by atoms with Crippen LogP contribution in [0.15, 0.2) is 0 Å². The topological polar surface area (TPSA) is 26.3 Å². The maximum Gasteiger partial charge on any atom is 0.304 e. The third-order valence-electron chi connectivity index (χ3n) is 0.415. The average molecular weight is 157 g/mol. The van der Waals surface area contributed by atoms with Crippen LogP contribution in [-0.2, 0) is 9.53 Å². The molecule has 1 atom stereocenters. The summed E-state index contributed by atoms with van der Waals surface area (Å²) in [5.74, 6) is -0.285. The molecule has 0 unspecified atom stereocenters. The van der Waals surface area contributed by atoms with Crippen molar-refractivity contribution in [1.29, 1.82) is 0 Å². The summed E-state index contributed by atoms with van der Waals surface area (Å²) >= 11 is 10.5. The minimum atomic E-state index is -0.686. The second-order valence-corrected chi connectivity index (χ2v) is 1.97. The molecule has 0 aliphatic rings. The van der Waals surface area contributed by atoms with Gasteiger partial charge in [-0.3, -0.25) is 4.79 Å². The first-order chi connectivity index (χ1) is 3.66. The molecule has 8 heavy (non-hydrogen) atoms. The largest absolute Gasteiger partial charge is 0.445 e. The van der Waals surface area contributed by atoms with Crippen molar-refractivity contribution in [3.63, 3.8) is 0 Å². The highest BCUT2D eigenvalue weighted by molar-refractivity contribution is 6.27. The zero-order valence-corrected chi connectivity index (χ0v) is 5.87. The first-order valence-corrected chi connectivity index (χ1v) is 3.01. The van der Waals surface area contributed by atoms with Gasteiger partial charge in [0.2, 0.25) is 0 Å². The number of rotatable bonds is 2. The van der Waals surface area contributed by atoms with Gasteiger partial charge in [-0.05, 0) is 0 Å². The van der Waals surface area contributed by atoms with Gasteiger partial charge in [0.05, 0.1) is 5.88 Å². The highest BCUT2D eigenvalue weighted by Gasteiger charge is 2.03. The molecule has 4 heteroatoms. The van der Waals surface area contributed by atoms with E-state index in [1.54, 1.807) is 0 Å². The number of hydrogen-bond donors (Lipinski definition) is 0. The summed E-state index contributed by atoms with van der Waals surface area (Å²) in [5, 5.41) is 0. The van der Waals surface area contributed by atoms with Crippen molar-refractivity contribution in [3.8, 4) is 0 Å². The van der Waals surface area contributed by atoms with Gasteiger partial charge in [0, 0.05) is 6.92 Å². The Labute approximate surface area is 57.7 Å². The quantitative estimate of drug-likeness (QED) is 0.446. The number of carbonyl (C=O) groups is 1. The molecular formula is C4H6Cl2O2. The highest BCUT2D eigenvalue weighted by Crippen LogP contribution is 1.99. The fourth-order valence-corrected chi connectivity index (χ4v) is 0.400. The van der Waals surface area contributed by atoms with Crippen LogP contribution in [0.25, 0.3) is 0 Å². The van der Waals surface area contributed by atoms with Crippen LogP contribution in [0.1, 0.15) is 6.92 Å². The van der Waals surface area contributed by atoms with Crippen molar-refractivity contribution in [2.45, 2.75) is 12.5 Å². The maximum absolute atomic E-state index is 10.0. The lowest BCUT2D eigenvalue weighted by molar-refractivity contribution is -0.141. The minimum Gasteiger partial charge on any atom is -0.445 e. The summed E-state index contributed by atoms with van der Waals surface area (Å²) in [5.41, 5.74) is -0.686. The SMILES string of the molecule is CC(=O)O[C@H](Cl)CCl. The Morgan fingerprint density at radius 2 is 2.38 bits per heavy atom. The van der Waals surface area contributed by atoms with E-state index in [1.807, 2.05) is 0 Å². The zero-order valence-electron chi connectivity index (χ0n) is 4.36. The van der Waals surface area contributed by atoms with Crippen molar-refractivity contribution in [2.75, 3.05) is 5.88 Å². The van der Waals surface area contributed by atoms with Gasteiger partial charge in [0.1, 0.15) is 0 Å². The number of ether oxygens (including phenoxy) is 1. The lowest BCUT2D eigenvalue weighted by Gasteiger charge is -2.02. The Kier molecular flexibility index (Phi) is 4.01. The van der Waals surface area contributed by atoms with E-state index in [2.05, 4.69) is 4.74 Å². The molecule has 0 aromatic rings. The van der Waals surface area contributed by atoms with Crippen molar-refractivity contribution in [1.82, 2.24) is 0 Å². The summed E-state index contributed by atoms with van der Waals surface area (Å²) in [4.78, 5) is 10.0. The van der Waals surface area contributed by atoms with Gasteiger partial charge in [-0.2, -0.15) is 0 Å². The predicted octanol–water partition coefficient (Wildman–Crippen LogP) is 1.35. The standard InChI is InChI=1S/C4H6Cl2O2/c1-3(7)8-4(6)2-5/h4H,2H2,1H3/t4-/m0/s1. The number of halogens is 2. The molecule has 2 nitrogen and oxygen atoms in total. The number of alkyl halides is 2. The van der Waals surface area contributed by atoms with E-state index in [4.69, 9.17) is 23.2 Å². The summed E-state index contributed by atoms with van der Waals surface area (Å²) in [6.07, 6.45) is 0. The molecule has 0 aliphatic heterocycles. The van der Waals surface area contributed by atoms with Gasteiger partial charge in [0.15, 0.2) is 5.56 Å². The lowest BCUT2D eigenvalue weighted by Crippen LogP contribution is -2.10. The van der Waals surface area contributed by atoms with Gasteiger partial charge < -0.3 is 4.74 Å². The molecule has 0 saturated carbocycles. The van der Waals surface area contributed by atoms with Crippen molar-refractivity contribution in [3.05, 3.63) is 0 Å². The van der Waals surface area contributed by atoms with E-state index in [1.165, 1.54) is 6.92 Å². The van der Waals surface area contributed by atoms with Gasteiger partial charge in [0.25, 0.3) is 0 Å². The van der Waals surface area contributed by atoms with Crippen LogP contribution >= 0.6 is 23.2 Å². The van der Waals surface area contributed by atoms with Gasteiger partial charge in [-0.15, -0.1) is 11.6 Å². The normalized spacial score (nSPS) is 12.9. The third-order valence-corrected chi connectivity index (χ3v) is 1.10. The van der Waals surface area contributed by atoms with E-state index < -0.39 is 11.5 Å². The fourth-order valence-electron chi connectivity index (χ4n) is 0.212. The van der Waals surface area contributed by atoms with Crippen molar-refractivity contribution < 1.29 is 9.53 Å². The molecule has 0 bridgehead atoms. The van der Waals surface area contributed by atoms with Crippen molar-refractivity contribution in [2.24, 2.45) is 0 Å². The molecule has 0 amide bonds. The van der Waals surface area contributed by atoms with Crippen LogP contribution < -0.4 is 0 Å². The van der Waals surface area contributed by atoms with Crippen LogP contribution in [0, 0.1) is 0 Å². The highest BCUT2D eigenvalue weighted by atomic mass is 35.5. The van der Waals surface area contributed by atoms with E-state index in [0.717, 1.165) is 0 Å². The molecule has 0 aliphatic carbocycles. The number of carbonyl (C=O) groups excluding carboxylic acids is 1. The smallest absolute Gasteiger partial charge is 0.304 e. The summed E-state index contributed by atoms with van der Waals surface area (Å²) < 4.78 is 4.39. The Balaban J connectivity index is 3.24. The van der Waals surface area contributed by atoms with Crippen LogP contribution in [0.2, 0.25) is 0 Å². The molecule has 0 saturated heterocycles. The average Bonchev–Trinajstić information content (AvgIpc) is 1.65. The molecule has 0 aromatic carbocycles. The minimum absolute atomic E-state index is 0.126. The lowest BCUT2D eigenvalue weighted by atomic mass is 10.8. The first-order valence-electron chi connectivity index (χ1n) is 2.04. The summed E-state index contributed by atoms with van der Waals surface area (Å²) in [6, 6.07) is 0. The Morgan fingerprint density at radius 3 is 2.50 bits per heavy atom. The maximum atomic E-state index is 10.0. The third kappa shape index (κ3) is 4.22. The van der Waals surface area contributed by atoms with Crippen LogP contribution in [-0.4, -0.2) is 17.4 Å². The zero-order chi connectivity index (χ0) is 6.57. The van der Waals surface area contributed by atoms with Crippen LogP contribution in [0.4, 0.5) is 0 Å². The molecule has 48 valence electrons. The van der Waals surface area contributed by atoms with Gasteiger partial charge in [-0.25, -0.2) is 0 Å². The number of esters is 1. The number of hydrogen-bond acceptors (Lipinski definition) is 2. The van der Waals surface area contributed by atoms with E-state index in [-0.39, 0.29) is 5.88 Å². The molecule has 0 heterocycles. The molecule has 0 rings (SSSR count). The summed E-state index contributed by atoms with van der Waals surface area (Å²) in [6.45, 7) is 1.28. The Morgan fingerprint density at radius 1 is 1.88 bits per heavy atom. The van der Waals surface area contributed by atoms with Crippen molar-refractivity contribution >= 4 is 29.2 Å². The Bertz CT molecular complexity index is 84.1. The molecule has 0 spiro atoms. The molecule has 0 N–H and O–H groups in total. The fraction of sp³-hybridized carbons (Fsp3) is 0.750. The second kappa shape index (κ2) is 3.98. The van der Waals surface area contributed by atoms with E-state index in [0.29, 0.717) is 0 Å². The second-order valence-electron chi connectivity index (χ2n) is 1.17. The van der Waals surface area contributed by atoms with E-state index >= 15 is 0 Å². The van der Waals surface area contributed by atoms with Crippen LogP contribution in [0.5, 0.6) is 0 Å². The molecule has 0 aromatic heterocycles. The van der Waals surface area contributed by atoms with Gasteiger partial charge in [-0.1, -0.05) is 11.6 Å². The first kappa shape index (κ1) is 8.05. The summed E-state index contributed by atoms with van der Waals surface area (Å²) in [7, 11) is 0. The molecular weight excluding hydrogens is 151 g/mol. The van der Waals surface area contributed by atoms with E-state index in [9.17, 15) is 4.79 Å². The predicted molar refractivity (Wildman–Crippen MR) is 32.1 cm³/mol. The molecule has 0 fully saturated rings. The van der Waals surface area contributed by atoms with Crippen LogP contribution in [0.3, 0.4) is 0 Å². The monoisotopic (exact) mass is 156 g/mol. The molecule has 0 radical (unpaired) electrons. The Hall–Kier alpha value is 0.0500.